The van der Waals surface area contributed by atoms with Crippen LogP contribution in [0.25, 0.3) is 0 Å². The predicted molar refractivity (Wildman–Crippen MR) is 59.6 cm³/mol. The normalized spacial score (nSPS) is 10.2. The second-order valence-corrected chi connectivity index (χ2v) is 3.54. The standard InChI is InChI=1S/C8H9Cl2N3O3/c1-2-16-4(14)3-13-8(15)6(10)5(9)7(11)12-13/h2-3H2,1H3,(H2,11,12). The van der Waals surface area contributed by atoms with Gasteiger partial charge in [-0.3, -0.25) is 9.59 Å². The fraction of sp³-hybridized carbons (Fsp3) is 0.375. The van der Waals surface area contributed by atoms with Crippen molar-refractivity contribution in [2.75, 3.05) is 12.3 Å². The molecule has 0 aliphatic heterocycles. The second kappa shape index (κ2) is 5.18. The highest BCUT2D eigenvalue weighted by atomic mass is 35.5. The third-order valence-electron chi connectivity index (χ3n) is 1.65. The molecule has 1 aromatic rings. The van der Waals surface area contributed by atoms with Crippen molar-refractivity contribution in [3.63, 3.8) is 0 Å². The van der Waals surface area contributed by atoms with Gasteiger partial charge in [0.1, 0.15) is 16.6 Å². The number of anilines is 1. The van der Waals surface area contributed by atoms with E-state index in [1.165, 1.54) is 0 Å². The van der Waals surface area contributed by atoms with Gasteiger partial charge in [-0.1, -0.05) is 23.2 Å². The van der Waals surface area contributed by atoms with Crippen LogP contribution in [0.4, 0.5) is 5.82 Å². The molecule has 0 unspecified atom stereocenters. The van der Waals surface area contributed by atoms with Crippen LogP contribution >= 0.6 is 23.2 Å². The van der Waals surface area contributed by atoms with E-state index in [-0.39, 0.29) is 29.0 Å². The molecule has 0 saturated heterocycles. The topological polar surface area (TPSA) is 87.2 Å². The maximum Gasteiger partial charge on any atom is 0.327 e. The zero-order valence-corrected chi connectivity index (χ0v) is 9.88. The Morgan fingerprint density at radius 1 is 1.50 bits per heavy atom. The Hall–Kier alpha value is -1.27. The largest absolute Gasteiger partial charge is 0.465 e. The minimum absolute atomic E-state index is 0.115. The van der Waals surface area contributed by atoms with E-state index in [1.54, 1.807) is 6.92 Å². The minimum Gasteiger partial charge on any atom is -0.465 e. The Kier molecular flexibility index (Phi) is 4.14. The number of aromatic nitrogens is 2. The van der Waals surface area contributed by atoms with Crippen LogP contribution in [-0.2, 0) is 16.1 Å². The van der Waals surface area contributed by atoms with Gasteiger partial charge in [0.05, 0.1) is 6.61 Å². The molecule has 1 aromatic heterocycles. The van der Waals surface area contributed by atoms with Crippen molar-refractivity contribution < 1.29 is 9.53 Å². The predicted octanol–water partition coefficient (Wildman–Crippen LogP) is 0.695. The number of esters is 1. The lowest BCUT2D eigenvalue weighted by Crippen LogP contribution is -2.29. The maximum absolute atomic E-state index is 11.5. The van der Waals surface area contributed by atoms with Crippen molar-refractivity contribution in [3.05, 3.63) is 20.4 Å². The highest BCUT2D eigenvalue weighted by Gasteiger charge is 2.14. The first kappa shape index (κ1) is 12.8. The summed E-state index contributed by atoms with van der Waals surface area (Å²) in [6.07, 6.45) is 0. The second-order valence-electron chi connectivity index (χ2n) is 2.78. The van der Waals surface area contributed by atoms with E-state index in [0.29, 0.717) is 0 Å². The molecule has 0 fully saturated rings. The molecule has 0 aliphatic rings. The van der Waals surface area contributed by atoms with Gasteiger partial charge >= 0.3 is 5.97 Å². The number of nitrogens with zero attached hydrogens (tertiary/aromatic N) is 2. The number of carbonyl (C=O) groups is 1. The van der Waals surface area contributed by atoms with E-state index in [0.717, 1.165) is 4.68 Å². The molecule has 0 amide bonds. The van der Waals surface area contributed by atoms with E-state index in [9.17, 15) is 9.59 Å². The minimum atomic E-state index is -0.686. The number of carbonyl (C=O) groups excluding carboxylic acids is 1. The Labute approximate surface area is 101 Å². The summed E-state index contributed by atoms with van der Waals surface area (Å²) in [5, 5.41) is 3.24. The van der Waals surface area contributed by atoms with Crippen molar-refractivity contribution in [3.8, 4) is 0 Å². The van der Waals surface area contributed by atoms with E-state index >= 15 is 0 Å². The van der Waals surface area contributed by atoms with E-state index in [4.69, 9.17) is 28.9 Å². The monoisotopic (exact) mass is 265 g/mol. The van der Waals surface area contributed by atoms with Crippen molar-refractivity contribution in [2.24, 2.45) is 0 Å². The maximum atomic E-state index is 11.5. The fourth-order valence-corrected chi connectivity index (χ4v) is 1.29. The van der Waals surface area contributed by atoms with Gasteiger partial charge < -0.3 is 10.5 Å². The van der Waals surface area contributed by atoms with Crippen LogP contribution in [0.1, 0.15) is 6.92 Å². The van der Waals surface area contributed by atoms with Gasteiger partial charge in [0.2, 0.25) is 0 Å². The van der Waals surface area contributed by atoms with Gasteiger partial charge in [0.25, 0.3) is 5.56 Å². The van der Waals surface area contributed by atoms with Gasteiger partial charge in [0, 0.05) is 0 Å². The van der Waals surface area contributed by atoms with E-state index in [1.807, 2.05) is 0 Å². The zero-order chi connectivity index (χ0) is 12.3. The lowest BCUT2D eigenvalue weighted by Gasteiger charge is -2.07. The van der Waals surface area contributed by atoms with Crippen LogP contribution in [-0.4, -0.2) is 22.4 Å². The SMILES string of the molecule is CCOC(=O)Cn1nc(N)c(Cl)c(Cl)c1=O. The van der Waals surface area contributed by atoms with E-state index < -0.39 is 11.5 Å². The average molecular weight is 266 g/mol. The molecule has 0 aromatic carbocycles. The first-order valence-corrected chi connectivity index (χ1v) is 5.10. The summed E-state index contributed by atoms with van der Waals surface area (Å²) in [6, 6.07) is 0. The number of hydrogen-bond donors (Lipinski definition) is 1. The summed E-state index contributed by atoms with van der Waals surface area (Å²) in [5.74, 6) is -0.717. The molecule has 1 rings (SSSR count). The quantitative estimate of drug-likeness (QED) is 0.813. The van der Waals surface area contributed by atoms with Crippen molar-refractivity contribution in [1.29, 1.82) is 0 Å². The average Bonchev–Trinajstić information content (AvgIpc) is 2.23. The Bertz CT molecular complexity index is 472. The highest BCUT2D eigenvalue weighted by molar-refractivity contribution is 6.43. The molecule has 6 nitrogen and oxygen atoms in total. The van der Waals surface area contributed by atoms with Crippen LogP contribution in [0, 0.1) is 0 Å². The first-order valence-electron chi connectivity index (χ1n) is 4.34. The smallest absolute Gasteiger partial charge is 0.327 e. The van der Waals surface area contributed by atoms with Gasteiger partial charge in [-0.25, -0.2) is 4.68 Å². The fourth-order valence-electron chi connectivity index (χ4n) is 0.975. The van der Waals surface area contributed by atoms with Crippen LogP contribution in [0.15, 0.2) is 4.79 Å². The lowest BCUT2D eigenvalue weighted by molar-refractivity contribution is -0.144. The lowest BCUT2D eigenvalue weighted by atomic mass is 10.5. The summed E-state index contributed by atoms with van der Waals surface area (Å²) in [4.78, 5) is 22.6. The van der Waals surface area contributed by atoms with E-state index in [2.05, 4.69) is 9.84 Å². The molecule has 88 valence electrons. The number of nitrogens with two attached hydrogens (primary N) is 1. The van der Waals surface area contributed by atoms with Crippen molar-refractivity contribution in [2.45, 2.75) is 13.5 Å². The molecule has 2 N–H and O–H groups in total. The summed E-state index contributed by atoms with van der Waals surface area (Å²) >= 11 is 11.2. The number of ether oxygens (including phenoxy) is 1. The van der Waals surface area contributed by atoms with Gasteiger partial charge in [0.15, 0.2) is 5.82 Å². The van der Waals surface area contributed by atoms with Crippen molar-refractivity contribution in [1.82, 2.24) is 9.78 Å². The molecule has 1 heterocycles. The molecule has 8 heteroatoms. The first-order chi connectivity index (χ1) is 7.47. The third-order valence-corrected chi connectivity index (χ3v) is 2.48. The molecular weight excluding hydrogens is 257 g/mol. The van der Waals surface area contributed by atoms with Gasteiger partial charge in [-0.05, 0) is 6.92 Å². The van der Waals surface area contributed by atoms with Crippen LogP contribution in [0.3, 0.4) is 0 Å². The Morgan fingerprint density at radius 2 is 2.12 bits per heavy atom. The van der Waals surface area contributed by atoms with Crippen LogP contribution in [0.2, 0.25) is 10.0 Å². The molecule has 16 heavy (non-hydrogen) atoms. The highest BCUT2D eigenvalue weighted by Crippen LogP contribution is 2.21. The molecule has 0 atom stereocenters. The van der Waals surface area contributed by atoms with Gasteiger partial charge in [-0.2, -0.15) is 5.10 Å². The number of halogens is 2. The summed E-state index contributed by atoms with van der Waals surface area (Å²) in [7, 11) is 0. The molecule has 0 radical (unpaired) electrons. The molecule has 0 aliphatic carbocycles. The molecule has 0 saturated carbocycles. The van der Waals surface area contributed by atoms with Gasteiger partial charge in [-0.15, -0.1) is 0 Å². The zero-order valence-electron chi connectivity index (χ0n) is 8.37. The molecule has 0 bridgehead atoms. The number of rotatable bonds is 3. The summed E-state index contributed by atoms with van der Waals surface area (Å²) in [5.41, 5.74) is 4.71. The molecule has 0 spiro atoms. The third kappa shape index (κ3) is 2.65. The van der Waals surface area contributed by atoms with Crippen LogP contribution in [0.5, 0.6) is 0 Å². The number of hydrogen-bond acceptors (Lipinski definition) is 5. The summed E-state index contributed by atoms with van der Waals surface area (Å²) in [6.45, 7) is 1.51. The van der Waals surface area contributed by atoms with Crippen molar-refractivity contribution >= 4 is 35.0 Å². The Balaban J connectivity index is 3.07. The summed E-state index contributed by atoms with van der Waals surface area (Å²) < 4.78 is 5.46. The Morgan fingerprint density at radius 3 is 2.69 bits per heavy atom. The number of nitrogen functional groups attached to an aromatic ring is 1. The molecular formula is C8H9Cl2N3O3. The van der Waals surface area contributed by atoms with Crippen LogP contribution < -0.4 is 11.3 Å².